The van der Waals surface area contributed by atoms with Crippen LogP contribution in [0.5, 0.6) is 5.75 Å². The summed E-state index contributed by atoms with van der Waals surface area (Å²) in [6.07, 6.45) is -0.993. The van der Waals surface area contributed by atoms with Gasteiger partial charge in [-0.3, -0.25) is 9.36 Å². The zero-order valence-corrected chi connectivity index (χ0v) is 19.4. The zero-order valence-electron chi connectivity index (χ0n) is 19.4. The smallest absolute Gasteiger partial charge is 0.422 e. The number of anilines is 1. The van der Waals surface area contributed by atoms with Gasteiger partial charge in [-0.2, -0.15) is 13.2 Å². The molecule has 1 atom stereocenters. The number of benzene rings is 2. The summed E-state index contributed by atoms with van der Waals surface area (Å²) in [6.45, 7) is 0.374. The first-order chi connectivity index (χ1) is 17.7. The number of nitrogens with zero attached hydrogens (tertiary/aromatic N) is 4. The Morgan fingerprint density at radius 2 is 1.95 bits per heavy atom. The van der Waals surface area contributed by atoms with Crippen LogP contribution in [0.3, 0.4) is 0 Å². The molecule has 12 heteroatoms. The molecule has 0 aliphatic carbocycles. The second kappa shape index (κ2) is 9.52. The molecule has 0 fully saturated rings. The van der Waals surface area contributed by atoms with Crippen molar-refractivity contribution in [2.75, 3.05) is 11.9 Å². The van der Waals surface area contributed by atoms with Crippen LogP contribution in [0.2, 0.25) is 0 Å². The molecule has 0 spiro atoms. The summed E-state index contributed by atoms with van der Waals surface area (Å²) in [5.74, 6) is -0.623. The van der Waals surface area contributed by atoms with Crippen LogP contribution < -0.4 is 15.6 Å². The SMILES string of the molecule is CCC(Nc1ccnc2[nH]cnc12)c1nc2cccc(F)c2c(=O)n1-c1cccc(OCC(F)(F)F)c1. The quantitative estimate of drug-likeness (QED) is 0.287. The van der Waals surface area contributed by atoms with Crippen molar-refractivity contribution in [1.29, 1.82) is 0 Å². The standard InChI is InChI=1S/C25H20F4N6O2/c1-2-17(33-19-9-10-30-22-21(19)31-13-32-22)23-34-18-8-4-7-16(26)20(18)24(36)35(23)14-5-3-6-15(11-14)37-12-25(27,28)29/h3-11,13,17H,2,12H2,1H3,(H2,30,31,32,33). The van der Waals surface area contributed by atoms with Crippen molar-refractivity contribution in [3.05, 3.63) is 83.1 Å². The van der Waals surface area contributed by atoms with Crippen LogP contribution in [0.25, 0.3) is 27.8 Å². The maximum atomic E-state index is 14.7. The highest BCUT2D eigenvalue weighted by Crippen LogP contribution is 2.29. The number of hydrogen-bond acceptors (Lipinski definition) is 6. The summed E-state index contributed by atoms with van der Waals surface area (Å²) < 4.78 is 58.9. The van der Waals surface area contributed by atoms with Gasteiger partial charge in [0.1, 0.15) is 28.3 Å². The van der Waals surface area contributed by atoms with E-state index in [-0.39, 0.29) is 28.2 Å². The predicted octanol–water partition coefficient (Wildman–Crippen LogP) is 5.30. The van der Waals surface area contributed by atoms with Crippen LogP contribution in [0, 0.1) is 5.82 Å². The molecule has 0 amide bonds. The number of aromatic amines is 1. The van der Waals surface area contributed by atoms with Gasteiger partial charge in [-0.15, -0.1) is 0 Å². The lowest BCUT2D eigenvalue weighted by Crippen LogP contribution is -2.28. The molecule has 2 N–H and O–H groups in total. The van der Waals surface area contributed by atoms with Gasteiger partial charge in [-0.05, 0) is 36.8 Å². The fourth-order valence-electron chi connectivity index (χ4n) is 4.07. The summed E-state index contributed by atoms with van der Waals surface area (Å²) in [7, 11) is 0. The number of alkyl halides is 3. The van der Waals surface area contributed by atoms with Gasteiger partial charge >= 0.3 is 6.18 Å². The van der Waals surface area contributed by atoms with Crippen LogP contribution in [0.4, 0.5) is 23.2 Å². The van der Waals surface area contributed by atoms with E-state index in [9.17, 15) is 22.4 Å². The molecule has 190 valence electrons. The zero-order chi connectivity index (χ0) is 26.2. The minimum atomic E-state index is -4.54. The Kier molecular flexibility index (Phi) is 6.24. The van der Waals surface area contributed by atoms with Gasteiger partial charge in [0.05, 0.1) is 29.3 Å². The molecule has 0 radical (unpaired) electrons. The topological polar surface area (TPSA) is 97.7 Å². The Morgan fingerprint density at radius 1 is 1.14 bits per heavy atom. The molecule has 3 aromatic heterocycles. The van der Waals surface area contributed by atoms with Crippen LogP contribution in [-0.2, 0) is 0 Å². The summed E-state index contributed by atoms with van der Waals surface area (Å²) in [5.41, 5.74) is 1.38. The van der Waals surface area contributed by atoms with Crippen LogP contribution in [0.15, 0.2) is 65.8 Å². The van der Waals surface area contributed by atoms with Gasteiger partial charge in [-0.1, -0.05) is 19.1 Å². The molecule has 8 nitrogen and oxygen atoms in total. The summed E-state index contributed by atoms with van der Waals surface area (Å²) in [5, 5.41) is 3.10. The van der Waals surface area contributed by atoms with Crippen LogP contribution >= 0.6 is 0 Å². The Morgan fingerprint density at radius 3 is 2.73 bits per heavy atom. The summed E-state index contributed by atoms with van der Waals surface area (Å²) in [6, 6.07) is 10.9. The highest BCUT2D eigenvalue weighted by Gasteiger charge is 2.28. The van der Waals surface area contributed by atoms with Crippen molar-refractivity contribution in [2.24, 2.45) is 0 Å². The van der Waals surface area contributed by atoms with E-state index in [0.717, 1.165) is 6.07 Å². The van der Waals surface area contributed by atoms with E-state index in [4.69, 9.17) is 4.74 Å². The van der Waals surface area contributed by atoms with E-state index in [1.54, 1.807) is 12.3 Å². The number of aromatic nitrogens is 5. The second-order valence-corrected chi connectivity index (χ2v) is 8.21. The van der Waals surface area contributed by atoms with Crippen molar-refractivity contribution in [3.8, 4) is 11.4 Å². The molecule has 0 aliphatic rings. The average molecular weight is 512 g/mol. The molecular formula is C25H20F4N6O2. The molecule has 1 unspecified atom stereocenters. The molecule has 2 aromatic carbocycles. The number of rotatable bonds is 7. The molecule has 5 aromatic rings. The largest absolute Gasteiger partial charge is 0.484 e. The highest BCUT2D eigenvalue weighted by molar-refractivity contribution is 5.85. The Hall–Kier alpha value is -4.48. The average Bonchev–Trinajstić information content (AvgIpc) is 3.35. The number of pyridine rings is 1. The third-order valence-electron chi connectivity index (χ3n) is 5.72. The molecule has 0 saturated carbocycles. The third-order valence-corrected chi connectivity index (χ3v) is 5.72. The number of H-pyrrole nitrogens is 1. The number of hydrogen-bond donors (Lipinski definition) is 2. The van der Waals surface area contributed by atoms with Crippen LogP contribution in [-0.4, -0.2) is 37.3 Å². The normalized spacial score (nSPS) is 12.7. The lowest BCUT2D eigenvalue weighted by molar-refractivity contribution is -0.153. The van der Waals surface area contributed by atoms with Gasteiger partial charge in [0.2, 0.25) is 0 Å². The van der Waals surface area contributed by atoms with Gasteiger partial charge in [0.15, 0.2) is 12.3 Å². The van der Waals surface area contributed by atoms with Crippen molar-refractivity contribution in [2.45, 2.75) is 25.6 Å². The van der Waals surface area contributed by atoms with E-state index in [2.05, 4.69) is 25.3 Å². The Labute approximate surface area is 207 Å². The van der Waals surface area contributed by atoms with E-state index in [1.807, 2.05) is 6.92 Å². The maximum Gasteiger partial charge on any atom is 0.422 e. The Bertz CT molecular complexity index is 1650. The molecular weight excluding hydrogens is 492 g/mol. The predicted molar refractivity (Wildman–Crippen MR) is 129 cm³/mol. The van der Waals surface area contributed by atoms with E-state index < -0.39 is 30.2 Å². The van der Waals surface area contributed by atoms with Crippen molar-refractivity contribution in [1.82, 2.24) is 24.5 Å². The van der Waals surface area contributed by atoms with Crippen molar-refractivity contribution in [3.63, 3.8) is 0 Å². The first-order valence-electron chi connectivity index (χ1n) is 11.3. The minimum absolute atomic E-state index is 0.102. The molecule has 3 heterocycles. The van der Waals surface area contributed by atoms with Gasteiger partial charge in [0, 0.05) is 12.3 Å². The fourth-order valence-corrected chi connectivity index (χ4v) is 4.07. The van der Waals surface area contributed by atoms with E-state index in [0.29, 0.717) is 23.3 Å². The molecule has 0 aliphatic heterocycles. The highest BCUT2D eigenvalue weighted by atomic mass is 19.4. The molecule has 5 rings (SSSR count). The minimum Gasteiger partial charge on any atom is -0.484 e. The second-order valence-electron chi connectivity index (χ2n) is 8.21. The lowest BCUT2D eigenvalue weighted by Gasteiger charge is -2.23. The first-order valence-corrected chi connectivity index (χ1v) is 11.3. The van der Waals surface area contributed by atoms with Gasteiger partial charge < -0.3 is 15.0 Å². The first kappa shape index (κ1) is 24.2. The van der Waals surface area contributed by atoms with Gasteiger partial charge in [-0.25, -0.2) is 19.3 Å². The van der Waals surface area contributed by atoms with Crippen molar-refractivity contribution < 1.29 is 22.3 Å². The van der Waals surface area contributed by atoms with Gasteiger partial charge in [0.25, 0.3) is 5.56 Å². The van der Waals surface area contributed by atoms with E-state index >= 15 is 0 Å². The number of fused-ring (bicyclic) bond motifs is 2. The summed E-state index contributed by atoms with van der Waals surface area (Å²) >= 11 is 0. The third kappa shape index (κ3) is 4.82. The molecule has 37 heavy (non-hydrogen) atoms. The van der Waals surface area contributed by atoms with Crippen molar-refractivity contribution >= 4 is 27.8 Å². The van der Waals surface area contributed by atoms with Crippen LogP contribution in [0.1, 0.15) is 25.2 Å². The fraction of sp³-hybridized carbons (Fsp3) is 0.200. The number of halogens is 4. The molecule has 0 bridgehead atoms. The maximum absolute atomic E-state index is 14.7. The monoisotopic (exact) mass is 512 g/mol. The van der Waals surface area contributed by atoms with E-state index in [1.165, 1.54) is 47.3 Å². The number of ether oxygens (including phenoxy) is 1. The number of imidazole rings is 1. The Balaban J connectivity index is 1.67. The lowest BCUT2D eigenvalue weighted by atomic mass is 10.1. The number of nitrogens with one attached hydrogen (secondary N) is 2. The molecule has 0 saturated heterocycles. The summed E-state index contributed by atoms with van der Waals surface area (Å²) in [4.78, 5) is 29.7.